The number of nitrogens with zero attached hydrogens (tertiary/aromatic N) is 2. The fraction of sp³-hybridized carbons (Fsp3) is 0.222. The van der Waals surface area contributed by atoms with Crippen LogP contribution in [0.5, 0.6) is 0 Å². The maximum absolute atomic E-state index is 13.2. The lowest BCUT2D eigenvalue weighted by Gasteiger charge is -1.98. The summed E-state index contributed by atoms with van der Waals surface area (Å²) in [5.74, 6) is -0.393. The van der Waals surface area contributed by atoms with Gasteiger partial charge in [-0.2, -0.15) is 4.39 Å². The average molecular weight is 290 g/mol. The fourth-order valence-corrected chi connectivity index (χ4v) is 1.81. The van der Waals surface area contributed by atoms with Crippen LogP contribution in [-0.4, -0.2) is 9.78 Å². The predicted octanol–water partition coefficient (Wildman–Crippen LogP) is 2.63. The van der Waals surface area contributed by atoms with Crippen LogP contribution in [-0.2, 0) is 7.05 Å². The summed E-state index contributed by atoms with van der Waals surface area (Å²) in [4.78, 5) is 0. The van der Waals surface area contributed by atoms with Crippen LogP contribution >= 0.6 is 22.6 Å². The second-order valence-electron chi connectivity index (χ2n) is 3.03. The van der Waals surface area contributed by atoms with E-state index in [9.17, 15) is 4.39 Å². The molecule has 0 N–H and O–H groups in total. The van der Waals surface area contributed by atoms with Crippen LogP contribution in [0, 0.1) is 16.4 Å². The van der Waals surface area contributed by atoms with Crippen molar-refractivity contribution >= 4 is 33.5 Å². The van der Waals surface area contributed by atoms with Gasteiger partial charge in [0.05, 0.1) is 10.9 Å². The zero-order chi connectivity index (χ0) is 9.59. The van der Waals surface area contributed by atoms with Gasteiger partial charge in [0.15, 0.2) is 0 Å². The monoisotopic (exact) mass is 290 g/mol. The summed E-state index contributed by atoms with van der Waals surface area (Å²) in [6, 6.07) is 3.78. The van der Waals surface area contributed by atoms with E-state index in [1.807, 2.05) is 19.1 Å². The largest absolute Gasteiger partial charge is 0.265 e. The first-order chi connectivity index (χ1) is 6.09. The Bertz CT molecular complexity index is 434. The van der Waals surface area contributed by atoms with Gasteiger partial charge in [-0.25, -0.2) is 0 Å². The van der Waals surface area contributed by atoms with Gasteiger partial charge >= 0.3 is 0 Å². The summed E-state index contributed by atoms with van der Waals surface area (Å²) in [6.07, 6.45) is 0. The van der Waals surface area contributed by atoms with Crippen molar-refractivity contribution in [2.24, 2.45) is 7.05 Å². The number of aromatic nitrogens is 2. The molecule has 4 heteroatoms. The van der Waals surface area contributed by atoms with Gasteiger partial charge in [-0.3, -0.25) is 4.68 Å². The maximum atomic E-state index is 13.2. The van der Waals surface area contributed by atoms with Gasteiger partial charge in [0.2, 0.25) is 5.95 Å². The lowest BCUT2D eigenvalue weighted by molar-refractivity contribution is 0.562. The summed E-state index contributed by atoms with van der Waals surface area (Å²) in [5, 5.41) is 4.31. The molecule has 0 aliphatic carbocycles. The minimum atomic E-state index is -0.393. The third-order valence-corrected chi connectivity index (χ3v) is 3.25. The van der Waals surface area contributed by atoms with Crippen molar-refractivity contribution in [3.05, 3.63) is 27.2 Å². The Morgan fingerprint density at radius 2 is 2.15 bits per heavy atom. The van der Waals surface area contributed by atoms with Gasteiger partial charge in [0.25, 0.3) is 0 Å². The predicted molar refractivity (Wildman–Crippen MR) is 58.1 cm³/mol. The molecule has 1 aromatic heterocycles. The molecule has 0 aliphatic rings. The Morgan fingerprint density at radius 3 is 2.85 bits per heavy atom. The van der Waals surface area contributed by atoms with Crippen molar-refractivity contribution in [2.75, 3.05) is 0 Å². The highest BCUT2D eigenvalue weighted by Crippen LogP contribution is 2.22. The third-order valence-electron chi connectivity index (χ3n) is 2.09. The van der Waals surface area contributed by atoms with Crippen molar-refractivity contribution in [1.82, 2.24) is 9.78 Å². The molecule has 1 aromatic carbocycles. The number of hydrogen-bond acceptors (Lipinski definition) is 1. The van der Waals surface area contributed by atoms with E-state index in [1.54, 1.807) is 11.7 Å². The van der Waals surface area contributed by atoms with Crippen molar-refractivity contribution in [2.45, 2.75) is 6.92 Å². The first-order valence-corrected chi connectivity index (χ1v) is 4.96. The Balaban J connectivity index is 2.91. The smallest absolute Gasteiger partial charge is 0.240 e. The highest BCUT2D eigenvalue weighted by molar-refractivity contribution is 14.1. The van der Waals surface area contributed by atoms with Gasteiger partial charge < -0.3 is 0 Å². The van der Waals surface area contributed by atoms with Crippen LogP contribution in [0.15, 0.2) is 12.1 Å². The number of fused-ring (bicyclic) bond motifs is 1. The Hall–Kier alpha value is -0.650. The number of rotatable bonds is 0. The summed E-state index contributed by atoms with van der Waals surface area (Å²) < 4.78 is 15.8. The molecule has 68 valence electrons. The van der Waals surface area contributed by atoms with E-state index in [0.29, 0.717) is 5.39 Å². The van der Waals surface area contributed by atoms with Crippen LogP contribution in [0.25, 0.3) is 10.9 Å². The first-order valence-electron chi connectivity index (χ1n) is 3.88. The zero-order valence-electron chi connectivity index (χ0n) is 7.31. The third kappa shape index (κ3) is 1.33. The molecule has 0 fully saturated rings. The second kappa shape index (κ2) is 2.94. The van der Waals surface area contributed by atoms with Crippen molar-refractivity contribution in [3.8, 4) is 0 Å². The second-order valence-corrected chi connectivity index (χ2v) is 4.20. The molecule has 0 aliphatic heterocycles. The molecule has 0 atom stereocenters. The van der Waals surface area contributed by atoms with Gasteiger partial charge in [0, 0.05) is 10.6 Å². The lowest BCUT2D eigenvalue weighted by atomic mass is 10.2. The normalized spacial score (nSPS) is 11.1. The Kier molecular flexibility index (Phi) is 2.02. The molecule has 2 nitrogen and oxygen atoms in total. The molecule has 0 saturated heterocycles. The highest BCUT2D eigenvalue weighted by atomic mass is 127. The SMILES string of the molecule is Cc1cc2c(cc1I)c(F)nn2C. The Labute approximate surface area is 88.9 Å². The molecule has 0 radical (unpaired) electrons. The summed E-state index contributed by atoms with van der Waals surface area (Å²) in [6.45, 7) is 2.01. The molecular formula is C9H8FIN2. The van der Waals surface area contributed by atoms with E-state index < -0.39 is 5.95 Å². The topological polar surface area (TPSA) is 17.8 Å². The summed E-state index contributed by atoms with van der Waals surface area (Å²) in [5.41, 5.74) is 1.99. The minimum absolute atomic E-state index is 0.393. The molecule has 2 rings (SSSR count). The van der Waals surface area contributed by atoms with Gasteiger partial charge in [-0.15, -0.1) is 5.10 Å². The molecule has 0 saturated carbocycles. The molecule has 1 heterocycles. The zero-order valence-corrected chi connectivity index (χ0v) is 9.46. The van der Waals surface area contributed by atoms with Crippen molar-refractivity contribution in [3.63, 3.8) is 0 Å². The standard InChI is InChI=1S/C9H8FIN2/c1-5-3-8-6(4-7(5)11)9(10)12-13(8)2/h3-4H,1-2H3. The van der Waals surface area contributed by atoms with Crippen molar-refractivity contribution in [1.29, 1.82) is 0 Å². The molecule has 0 spiro atoms. The van der Waals surface area contributed by atoms with Crippen LogP contribution in [0.2, 0.25) is 0 Å². The number of halogens is 2. The highest BCUT2D eigenvalue weighted by Gasteiger charge is 2.09. The van der Waals surface area contributed by atoms with Gasteiger partial charge in [-0.1, -0.05) is 0 Å². The number of hydrogen-bond donors (Lipinski definition) is 0. The Morgan fingerprint density at radius 1 is 1.46 bits per heavy atom. The molecule has 0 unspecified atom stereocenters. The summed E-state index contributed by atoms with van der Waals surface area (Å²) in [7, 11) is 1.75. The van der Waals surface area contributed by atoms with E-state index in [1.165, 1.54) is 0 Å². The van der Waals surface area contributed by atoms with E-state index in [2.05, 4.69) is 27.7 Å². The van der Waals surface area contributed by atoms with Crippen LogP contribution < -0.4 is 0 Å². The van der Waals surface area contributed by atoms with Gasteiger partial charge in [0.1, 0.15) is 0 Å². The summed E-state index contributed by atoms with van der Waals surface area (Å²) >= 11 is 2.19. The number of aryl methyl sites for hydroxylation is 2. The fourth-order valence-electron chi connectivity index (χ4n) is 1.34. The van der Waals surface area contributed by atoms with E-state index in [-0.39, 0.29) is 0 Å². The van der Waals surface area contributed by atoms with Crippen LogP contribution in [0.1, 0.15) is 5.56 Å². The first kappa shape index (κ1) is 8.93. The molecule has 0 bridgehead atoms. The quantitative estimate of drug-likeness (QED) is 0.682. The van der Waals surface area contributed by atoms with Crippen molar-refractivity contribution < 1.29 is 4.39 Å². The van der Waals surface area contributed by atoms with E-state index in [0.717, 1.165) is 14.7 Å². The van der Waals surface area contributed by atoms with Crippen LogP contribution in [0.4, 0.5) is 4.39 Å². The lowest BCUT2D eigenvalue weighted by Crippen LogP contribution is -1.90. The minimum Gasteiger partial charge on any atom is -0.265 e. The molecular weight excluding hydrogens is 282 g/mol. The maximum Gasteiger partial charge on any atom is 0.240 e. The van der Waals surface area contributed by atoms with E-state index in [4.69, 9.17) is 0 Å². The molecule has 0 amide bonds. The van der Waals surface area contributed by atoms with Gasteiger partial charge in [-0.05, 0) is 47.2 Å². The van der Waals surface area contributed by atoms with Crippen LogP contribution in [0.3, 0.4) is 0 Å². The molecule has 2 aromatic rings. The van der Waals surface area contributed by atoms with E-state index >= 15 is 0 Å². The molecule has 13 heavy (non-hydrogen) atoms. The average Bonchev–Trinajstić information content (AvgIpc) is 2.31. The number of benzene rings is 1.